The summed E-state index contributed by atoms with van der Waals surface area (Å²) in [5, 5.41) is 0. The third kappa shape index (κ3) is 4.86. The van der Waals surface area contributed by atoms with Crippen molar-refractivity contribution in [1.29, 1.82) is 0 Å². The summed E-state index contributed by atoms with van der Waals surface area (Å²) < 4.78 is 51.8. The molecule has 1 amide bonds. The fraction of sp³-hybridized carbons (Fsp3) is 0.350. The number of benzene rings is 2. The third-order valence-electron chi connectivity index (χ3n) is 4.67. The van der Waals surface area contributed by atoms with Crippen molar-refractivity contribution >= 4 is 5.91 Å². The van der Waals surface area contributed by atoms with Crippen LogP contribution >= 0.6 is 0 Å². The van der Waals surface area contributed by atoms with E-state index in [0.717, 1.165) is 30.7 Å². The first kappa shape index (κ1) is 19.4. The molecule has 1 aliphatic rings. The molecule has 0 spiro atoms. The molecule has 1 aliphatic heterocycles. The topological polar surface area (TPSA) is 23.6 Å². The number of carbonyl (C=O) groups is 1. The van der Waals surface area contributed by atoms with Crippen LogP contribution in [0.2, 0.25) is 0 Å². The Morgan fingerprint density at radius 1 is 0.926 bits per heavy atom. The highest BCUT2D eigenvalue weighted by Gasteiger charge is 2.30. The molecule has 1 heterocycles. The number of nitrogens with zero attached hydrogens (tertiary/aromatic N) is 2. The van der Waals surface area contributed by atoms with Gasteiger partial charge in [-0.25, -0.2) is 4.39 Å². The minimum atomic E-state index is -4.34. The maximum atomic E-state index is 13.8. The summed E-state index contributed by atoms with van der Waals surface area (Å²) in [6, 6.07) is 11.0. The molecule has 0 aromatic heterocycles. The van der Waals surface area contributed by atoms with E-state index in [2.05, 4.69) is 4.90 Å². The summed E-state index contributed by atoms with van der Waals surface area (Å²) in [4.78, 5) is 16.3. The summed E-state index contributed by atoms with van der Waals surface area (Å²) in [6.45, 7) is 2.80. The van der Waals surface area contributed by atoms with Crippen molar-refractivity contribution < 1.29 is 22.4 Å². The summed E-state index contributed by atoms with van der Waals surface area (Å²) in [6.07, 6.45) is -3.62. The summed E-state index contributed by atoms with van der Waals surface area (Å²) in [7, 11) is 0. The molecule has 7 heteroatoms. The lowest BCUT2D eigenvalue weighted by atomic mass is 10.1. The van der Waals surface area contributed by atoms with Gasteiger partial charge in [0, 0.05) is 32.7 Å². The lowest BCUT2D eigenvalue weighted by molar-refractivity contribution is -0.137. The van der Waals surface area contributed by atoms with Crippen LogP contribution in [0.25, 0.3) is 0 Å². The molecule has 1 saturated heterocycles. The maximum absolute atomic E-state index is 13.8. The van der Waals surface area contributed by atoms with Crippen LogP contribution in [-0.4, -0.2) is 41.9 Å². The largest absolute Gasteiger partial charge is 0.416 e. The fourth-order valence-corrected chi connectivity index (χ4v) is 3.19. The van der Waals surface area contributed by atoms with Crippen LogP contribution in [0.4, 0.5) is 17.6 Å². The average Bonchev–Trinajstić information content (AvgIpc) is 2.87. The maximum Gasteiger partial charge on any atom is 0.416 e. The van der Waals surface area contributed by atoms with Crippen molar-refractivity contribution in [2.45, 2.75) is 19.1 Å². The second kappa shape index (κ2) is 8.08. The molecule has 3 nitrogen and oxygen atoms in total. The van der Waals surface area contributed by atoms with Gasteiger partial charge in [-0.05, 0) is 36.2 Å². The van der Waals surface area contributed by atoms with Crippen molar-refractivity contribution in [2.75, 3.05) is 26.2 Å². The molecular weight excluding hydrogens is 360 g/mol. The first-order valence-electron chi connectivity index (χ1n) is 8.77. The molecule has 1 fully saturated rings. The van der Waals surface area contributed by atoms with Gasteiger partial charge in [0.15, 0.2) is 0 Å². The predicted octanol–water partition coefficient (Wildman–Crippen LogP) is 4.19. The Hall–Kier alpha value is -2.41. The van der Waals surface area contributed by atoms with E-state index in [4.69, 9.17) is 0 Å². The molecule has 144 valence electrons. The van der Waals surface area contributed by atoms with E-state index in [-0.39, 0.29) is 11.5 Å². The fourth-order valence-electron chi connectivity index (χ4n) is 3.19. The van der Waals surface area contributed by atoms with Crippen LogP contribution in [0.3, 0.4) is 0 Å². The van der Waals surface area contributed by atoms with Crippen LogP contribution in [0.15, 0.2) is 48.5 Å². The zero-order chi connectivity index (χ0) is 19.4. The number of rotatable bonds is 3. The van der Waals surface area contributed by atoms with Gasteiger partial charge in [-0.1, -0.05) is 24.3 Å². The zero-order valence-electron chi connectivity index (χ0n) is 14.7. The normalized spacial score (nSPS) is 16.2. The van der Waals surface area contributed by atoms with E-state index in [9.17, 15) is 22.4 Å². The van der Waals surface area contributed by atoms with E-state index in [1.54, 1.807) is 17.0 Å². The molecule has 0 N–H and O–H groups in total. The molecule has 2 aromatic rings. The SMILES string of the molecule is O=C(c1ccccc1F)N1CCCN(Cc2ccc(C(F)(F)F)cc2)CC1. The molecule has 27 heavy (non-hydrogen) atoms. The second-order valence-corrected chi connectivity index (χ2v) is 6.60. The van der Waals surface area contributed by atoms with Gasteiger partial charge in [-0.2, -0.15) is 13.2 Å². The standard InChI is InChI=1S/C20H20F4N2O/c21-18-5-2-1-4-17(18)19(27)26-11-3-10-25(12-13-26)14-15-6-8-16(9-7-15)20(22,23)24/h1-2,4-9H,3,10-14H2. The number of hydrogen-bond acceptors (Lipinski definition) is 2. The van der Waals surface area contributed by atoms with Crippen LogP contribution in [-0.2, 0) is 12.7 Å². The molecule has 0 unspecified atom stereocenters. The Labute approximate surface area is 155 Å². The van der Waals surface area contributed by atoms with Gasteiger partial charge in [-0.3, -0.25) is 9.69 Å². The van der Waals surface area contributed by atoms with Gasteiger partial charge in [0.2, 0.25) is 0 Å². The highest BCUT2D eigenvalue weighted by Crippen LogP contribution is 2.29. The Kier molecular flexibility index (Phi) is 5.79. The minimum absolute atomic E-state index is 0.0636. The zero-order valence-corrected chi connectivity index (χ0v) is 14.7. The molecular formula is C20H20F4N2O. The molecule has 3 rings (SSSR count). The molecule has 0 aliphatic carbocycles. The van der Waals surface area contributed by atoms with Crippen molar-refractivity contribution in [2.24, 2.45) is 0 Å². The van der Waals surface area contributed by atoms with E-state index in [1.165, 1.54) is 24.3 Å². The average molecular weight is 380 g/mol. The van der Waals surface area contributed by atoms with Crippen molar-refractivity contribution in [1.82, 2.24) is 9.80 Å². The lowest BCUT2D eigenvalue weighted by Crippen LogP contribution is -2.35. The first-order valence-corrected chi connectivity index (χ1v) is 8.77. The predicted molar refractivity (Wildman–Crippen MR) is 93.6 cm³/mol. The number of alkyl halides is 3. The molecule has 2 aromatic carbocycles. The van der Waals surface area contributed by atoms with Gasteiger partial charge in [-0.15, -0.1) is 0 Å². The Morgan fingerprint density at radius 3 is 2.30 bits per heavy atom. The first-order chi connectivity index (χ1) is 12.8. The Balaban J connectivity index is 1.60. The Bertz CT molecular complexity index is 789. The monoisotopic (exact) mass is 380 g/mol. The van der Waals surface area contributed by atoms with E-state index in [0.29, 0.717) is 26.2 Å². The summed E-state index contributed by atoms with van der Waals surface area (Å²) in [5.74, 6) is -0.863. The van der Waals surface area contributed by atoms with E-state index < -0.39 is 17.6 Å². The molecule has 0 saturated carbocycles. The van der Waals surface area contributed by atoms with Crippen LogP contribution in [0, 0.1) is 5.82 Å². The third-order valence-corrected chi connectivity index (χ3v) is 4.67. The minimum Gasteiger partial charge on any atom is -0.337 e. The van der Waals surface area contributed by atoms with Crippen LogP contribution in [0.5, 0.6) is 0 Å². The summed E-state index contributed by atoms with van der Waals surface area (Å²) >= 11 is 0. The Morgan fingerprint density at radius 2 is 1.63 bits per heavy atom. The highest BCUT2D eigenvalue weighted by atomic mass is 19.4. The van der Waals surface area contributed by atoms with Crippen molar-refractivity contribution in [3.05, 3.63) is 71.0 Å². The van der Waals surface area contributed by atoms with Crippen LogP contribution < -0.4 is 0 Å². The van der Waals surface area contributed by atoms with Gasteiger partial charge in [0.1, 0.15) is 5.82 Å². The van der Waals surface area contributed by atoms with Crippen molar-refractivity contribution in [3.8, 4) is 0 Å². The van der Waals surface area contributed by atoms with Gasteiger partial charge in [0.05, 0.1) is 11.1 Å². The number of halogens is 4. The highest BCUT2D eigenvalue weighted by molar-refractivity contribution is 5.94. The van der Waals surface area contributed by atoms with Gasteiger partial charge in [0.25, 0.3) is 5.91 Å². The molecule has 0 radical (unpaired) electrons. The summed E-state index contributed by atoms with van der Waals surface area (Å²) in [5.41, 5.74) is 0.189. The lowest BCUT2D eigenvalue weighted by Gasteiger charge is -2.22. The number of amides is 1. The van der Waals surface area contributed by atoms with Gasteiger partial charge >= 0.3 is 6.18 Å². The van der Waals surface area contributed by atoms with Crippen molar-refractivity contribution in [3.63, 3.8) is 0 Å². The quantitative estimate of drug-likeness (QED) is 0.746. The van der Waals surface area contributed by atoms with E-state index in [1.807, 2.05) is 0 Å². The molecule has 0 atom stereocenters. The number of hydrogen-bond donors (Lipinski definition) is 0. The smallest absolute Gasteiger partial charge is 0.337 e. The van der Waals surface area contributed by atoms with E-state index >= 15 is 0 Å². The van der Waals surface area contributed by atoms with Gasteiger partial charge < -0.3 is 4.90 Å². The van der Waals surface area contributed by atoms with Crippen LogP contribution in [0.1, 0.15) is 27.9 Å². The number of carbonyl (C=O) groups excluding carboxylic acids is 1. The second-order valence-electron chi connectivity index (χ2n) is 6.60. The molecule has 0 bridgehead atoms.